The molecule has 0 radical (unpaired) electrons. The summed E-state index contributed by atoms with van der Waals surface area (Å²) in [6.45, 7) is 14.1. The number of amides is 1. The van der Waals surface area contributed by atoms with Gasteiger partial charge in [0.15, 0.2) is 5.65 Å². The molecule has 2 aromatic rings. The van der Waals surface area contributed by atoms with Crippen LogP contribution in [0.5, 0.6) is 0 Å². The molecule has 6 nitrogen and oxygen atoms in total. The van der Waals surface area contributed by atoms with Gasteiger partial charge in [-0.05, 0) is 39.7 Å². The van der Waals surface area contributed by atoms with Gasteiger partial charge in [0.05, 0.1) is 17.1 Å². The summed E-state index contributed by atoms with van der Waals surface area (Å²) in [4.78, 5) is 20.0. The molecule has 1 N–H and O–H groups in total. The van der Waals surface area contributed by atoms with Gasteiger partial charge in [0.2, 0.25) is 0 Å². The van der Waals surface area contributed by atoms with E-state index in [0.717, 1.165) is 35.4 Å². The average molecular weight is 416 g/mol. The van der Waals surface area contributed by atoms with Gasteiger partial charge < -0.3 is 10.2 Å². The van der Waals surface area contributed by atoms with Gasteiger partial charge >= 0.3 is 0 Å². The van der Waals surface area contributed by atoms with E-state index < -0.39 is 0 Å². The Hall–Kier alpha value is -1.37. The summed E-state index contributed by atoms with van der Waals surface area (Å²) in [6, 6.07) is 2.76. The zero-order chi connectivity index (χ0) is 18.3. The van der Waals surface area contributed by atoms with E-state index in [1.54, 1.807) is 6.20 Å². The van der Waals surface area contributed by atoms with Gasteiger partial charge in [0.25, 0.3) is 5.91 Å². The Kier molecular flexibility index (Phi) is 8.08. The predicted molar refractivity (Wildman–Crippen MR) is 114 cm³/mol. The number of pyridine rings is 1. The lowest BCUT2D eigenvalue weighted by molar-refractivity contribution is 0.0675. The van der Waals surface area contributed by atoms with E-state index in [4.69, 9.17) is 4.98 Å². The highest BCUT2D eigenvalue weighted by Crippen LogP contribution is 2.26. The molecule has 2 aromatic heterocycles. The molecule has 0 bridgehead atoms. The Balaban J connectivity index is 0.00000182. The Bertz CT molecular complexity index is 780. The monoisotopic (exact) mass is 415 g/mol. The maximum atomic E-state index is 13.3. The Labute approximate surface area is 173 Å². The van der Waals surface area contributed by atoms with Crippen LogP contribution in [0.15, 0.2) is 12.3 Å². The van der Waals surface area contributed by atoms with Crippen molar-refractivity contribution in [2.24, 2.45) is 0 Å². The third-order valence-corrected chi connectivity index (χ3v) is 4.74. The van der Waals surface area contributed by atoms with Gasteiger partial charge in [-0.3, -0.25) is 4.79 Å². The first kappa shape index (κ1) is 23.7. The van der Waals surface area contributed by atoms with Gasteiger partial charge in [0.1, 0.15) is 0 Å². The molecular formula is C19H31Cl2N5O. The van der Waals surface area contributed by atoms with Crippen molar-refractivity contribution in [1.29, 1.82) is 0 Å². The number of rotatable bonds is 3. The fraction of sp³-hybridized carbons (Fsp3) is 0.632. The number of nitrogens with zero attached hydrogens (tertiary/aromatic N) is 4. The van der Waals surface area contributed by atoms with Gasteiger partial charge in [-0.2, -0.15) is 5.10 Å². The molecule has 1 amide bonds. The fourth-order valence-corrected chi connectivity index (χ4v) is 3.55. The molecule has 0 aromatic carbocycles. The number of fused-ring (bicyclic) bond motifs is 1. The minimum absolute atomic E-state index is 0. The lowest BCUT2D eigenvalue weighted by Crippen LogP contribution is -2.55. The molecule has 27 heavy (non-hydrogen) atoms. The summed E-state index contributed by atoms with van der Waals surface area (Å²) in [5.74, 6) is 0.338. The van der Waals surface area contributed by atoms with Crippen LogP contribution in [0.25, 0.3) is 11.0 Å². The fourth-order valence-electron chi connectivity index (χ4n) is 3.55. The number of nitrogens with one attached hydrogen (secondary N) is 1. The van der Waals surface area contributed by atoms with Gasteiger partial charge in [-0.1, -0.05) is 13.8 Å². The number of hydrogen-bond acceptors (Lipinski definition) is 4. The summed E-state index contributed by atoms with van der Waals surface area (Å²) in [6.07, 6.45) is 1.79. The van der Waals surface area contributed by atoms with Crippen LogP contribution in [-0.4, -0.2) is 50.7 Å². The van der Waals surface area contributed by atoms with E-state index in [1.165, 1.54) is 0 Å². The molecular weight excluding hydrogens is 385 g/mol. The quantitative estimate of drug-likeness (QED) is 0.827. The summed E-state index contributed by atoms with van der Waals surface area (Å²) in [5.41, 5.74) is 2.47. The van der Waals surface area contributed by atoms with Crippen molar-refractivity contribution in [1.82, 2.24) is 25.0 Å². The molecule has 1 saturated heterocycles. The van der Waals surface area contributed by atoms with E-state index in [1.807, 2.05) is 15.6 Å². The highest BCUT2D eigenvalue weighted by Gasteiger charge is 2.28. The van der Waals surface area contributed by atoms with Crippen LogP contribution < -0.4 is 5.32 Å². The normalized spacial score (nSPS) is 19.9. The highest BCUT2D eigenvalue weighted by molar-refractivity contribution is 6.05. The number of aromatic nitrogens is 3. The molecule has 0 spiro atoms. The van der Waals surface area contributed by atoms with Crippen molar-refractivity contribution in [3.63, 3.8) is 0 Å². The van der Waals surface area contributed by atoms with Crippen LogP contribution in [0.1, 0.15) is 69.6 Å². The second kappa shape index (κ2) is 9.22. The largest absolute Gasteiger partial charge is 0.336 e. The first-order chi connectivity index (χ1) is 11.8. The minimum Gasteiger partial charge on any atom is -0.336 e. The minimum atomic E-state index is 0. The van der Waals surface area contributed by atoms with Crippen molar-refractivity contribution in [3.05, 3.63) is 23.5 Å². The predicted octanol–water partition coefficient (Wildman–Crippen LogP) is 3.80. The van der Waals surface area contributed by atoms with Crippen LogP contribution in [0.4, 0.5) is 0 Å². The summed E-state index contributed by atoms with van der Waals surface area (Å²) in [5, 5.41) is 8.81. The molecule has 1 aliphatic rings. The zero-order valence-electron chi connectivity index (χ0n) is 16.9. The molecule has 2 atom stereocenters. The van der Waals surface area contributed by atoms with Crippen LogP contribution in [0.3, 0.4) is 0 Å². The number of hydrogen-bond donors (Lipinski definition) is 1. The zero-order valence-corrected chi connectivity index (χ0v) is 18.5. The molecule has 1 fully saturated rings. The van der Waals surface area contributed by atoms with E-state index >= 15 is 0 Å². The SMILES string of the molecule is CC1CN(C(=O)c2cc(C(C)C)nc3c2cnn3C(C)C)CC(C)N1.Cl.Cl. The van der Waals surface area contributed by atoms with Crippen LogP contribution >= 0.6 is 24.8 Å². The summed E-state index contributed by atoms with van der Waals surface area (Å²) >= 11 is 0. The first-order valence-corrected chi connectivity index (χ1v) is 9.21. The Morgan fingerprint density at radius 2 is 1.74 bits per heavy atom. The molecule has 2 unspecified atom stereocenters. The maximum Gasteiger partial charge on any atom is 0.254 e. The van der Waals surface area contributed by atoms with Crippen molar-refractivity contribution >= 4 is 41.8 Å². The lowest BCUT2D eigenvalue weighted by atomic mass is 10.0. The van der Waals surface area contributed by atoms with E-state index in [9.17, 15) is 4.79 Å². The number of halogens is 2. The molecule has 3 rings (SSSR count). The van der Waals surface area contributed by atoms with E-state index in [0.29, 0.717) is 12.1 Å². The maximum absolute atomic E-state index is 13.3. The number of carbonyl (C=O) groups is 1. The molecule has 0 aliphatic carbocycles. The Morgan fingerprint density at radius 3 is 2.26 bits per heavy atom. The average Bonchev–Trinajstić information content (AvgIpc) is 2.96. The van der Waals surface area contributed by atoms with Gasteiger partial charge in [-0.15, -0.1) is 24.8 Å². The third-order valence-electron chi connectivity index (χ3n) is 4.74. The topological polar surface area (TPSA) is 63.1 Å². The van der Waals surface area contributed by atoms with Crippen molar-refractivity contribution in [2.45, 2.75) is 65.6 Å². The second-order valence-corrected chi connectivity index (χ2v) is 7.85. The molecule has 3 heterocycles. The van der Waals surface area contributed by atoms with E-state index in [2.05, 4.69) is 52.0 Å². The van der Waals surface area contributed by atoms with Crippen LogP contribution in [-0.2, 0) is 0 Å². The molecule has 8 heteroatoms. The second-order valence-electron chi connectivity index (χ2n) is 7.85. The lowest BCUT2D eigenvalue weighted by Gasteiger charge is -2.36. The van der Waals surface area contributed by atoms with Gasteiger partial charge in [0, 0.05) is 36.9 Å². The Morgan fingerprint density at radius 1 is 1.15 bits per heavy atom. The summed E-state index contributed by atoms with van der Waals surface area (Å²) < 4.78 is 1.90. The number of carbonyl (C=O) groups excluding carboxylic acids is 1. The van der Waals surface area contributed by atoms with Gasteiger partial charge in [-0.25, -0.2) is 9.67 Å². The molecule has 152 valence electrons. The smallest absolute Gasteiger partial charge is 0.254 e. The van der Waals surface area contributed by atoms with Crippen LogP contribution in [0, 0.1) is 0 Å². The van der Waals surface area contributed by atoms with Crippen molar-refractivity contribution < 1.29 is 4.79 Å². The van der Waals surface area contributed by atoms with Crippen molar-refractivity contribution in [2.75, 3.05) is 13.1 Å². The molecule has 1 aliphatic heterocycles. The third kappa shape index (κ3) is 4.73. The highest BCUT2D eigenvalue weighted by atomic mass is 35.5. The first-order valence-electron chi connectivity index (χ1n) is 9.21. The van der Waals surface area contributed by atoms with Crippen molar-refractivity contribution in [3.8, 4) is 0 Å². The molecule has 0 saturated carbocycles. The van der Waals surface area contributed by atoms with Crippen LogP contribution in [0.2, 0.25) is 0 Å². The standard InChI is InChI=1S/C19H29N5O.2ClH/c1-11(2)17-7-15(16-8-20-24(12(3)4)18(16)22-17)19(25)23-9-13(5)21-14(6)10-23;;/h7-8,11-14,21H,9-10H2,1-6H3;2*1H. The van der Waals surface area contributed by atoms with E-state index in [-0.39, 0.29) is 42.7 Å². The summed E-state index contributed by atoms with van der Waals surface area (Å²) in [7, 11) is 0. The number of piperazine rings is 1.